The third kappa shape index (κ3) is 2.77. The van der Waals surface area contributed by atoms with Crippen molar-refractivity contribution in [3.63, 3.8) is 0 Å². The second-order valence-corrected chi connectivity index (χ2v) is 6.42. The standard InChI is InChI=1S/C13H16N2O4S/c1-10-7-12(3-4-13(10)18-2)20(16,17)15-5-6-19-11(8-14)9-15/h3-4,7,11H,5-6,9H2,1-2H3. The summed E-state index contributed by atoms with van der Waals surface area (Å²) in [6.07, 6.45) is -0.710. The van der Waals surface area contributed by atoms with Crippen molar-refractivity contribution in [2.24, 2.45) is 0 Å². The summed E-state index contributed by atoms with van der Waals surface area (Å²) in [4.78, 5) is 0.203. The number of aryl methyl sites for hydroxylation is 1. The average Bonchev–Trinajstić information content (AvgIpc) is 2.47. The van der Waals surface area contributed by atoms with Gasteiger partial charge in [-0.25, -0.2) is 8.42 Å². The van der Waals surface area contributed by atoms with Crippen molar-refractivity contribution in [2.45, 2.75) is 17.9 Å². The molecule has 1 saturated heterocycles. The number of morpholine rings is 1. The fourth-order valence-corrected chi connectivity index (χ4v) is 3.59. The average molecular weight is 296 g/mol. The third-order valence-electron chi connectivity index (χ3n) is 3.18. The molecule has 0 bridgehead atoms. The molecule has 0 N–H and O–H groups in total. The Balaban J connectivity index is 2.30. The molecule has 0 amide bonds. The number of rotatable bonds is 3. The van der Waals surface area contributed by atoms with Crippen molar-refractivity contribution in [3.05, 3.63) is 23.8 Å². The summed E-state index contributed by atoms with van der Waals surface area (Å²) in [5.74, 6) is 0.640. The first-order chi connectivity index (χ1) is 9.48. The lowest BCUT2D eigenvalue weighted by Gasteiger charge is -2.29. The summed E-state index contributed by atoms with van der Waals surface area (Å²) in [7, 11) is -2.07. The molecule has 6 nitrogen and oxygen atoms in total. The minimum atomic E-state index is -3.61. The topological polar surface area (TPSA) is 79.6 Å². The lowest BCUT2D eigenvalue weighted by atomic mass is 10.2. The van der Waals surface area contributed by atoms with Crippen LogP contribution in [0.2, 0.25) is 0 Å². The minimum Gasteiger partial charge on any atom is -0.496 e. The molecule has 108 valence electrons. The van der Waals surface area contributed by atoms with Crippen LogP contribution >= 0.6 is 0 Å². The van der Waals surface area contributed by atoms with Gasteiger partial charge in [0, 0.05) is 6.54 Å². The van der Waals surface area contributed by atoms with Crippen LogP contribution in [0.4, 0.5) is 0 Å². The zero-order valence-electron chi connectivity index (χ0n) is 11.4. The van der Waals surface area contributed by atoms with E-state index in [1.54, 1.807) is 19.1 Å². The lowest BCUT2D eigenvalue weighted by molar-refractivity contribution is 0.0311. The summed E-state index contributed by atoms with van der Waals surface area (Å²) in [5.41, 5.74) is 0.749. The van der Waals surface area contributed by atoms with E-state index in [9.17, 15) is 8.42 Å². The number of nitrogens with zero attached hydrogens (tertiary/aromatic N) is 2. The molecule has 1 aliphatic rings. The highest BCUT2D eigenvalue weighted by molar-refractivity contribution is 7.89. The number of benzene rings is 1. The molecule has 1 aromatic carbocycles. The Bertz CT molecular complexity index is 636. The number of hydrogen-bond acceptors (Lipinski definition) is 5. The largest absolute Gasteiger partial charge is 0.496 e. The Morgan fingerprint density at radius 2 is 2.25 bits per heavy atom. The molecule has 1 unspecified atom stereocenters. The van der Waals surface area contributed by atoms with Crippen LogP contribution < -0.4 is 4.74 Å². The van der Waals surface area contributed by atoms with Gasteiger partial charge in [-0.3, -0.25) is 0 Å². The molecule has 2 rings (SSSR count). The minimum absolute atomic E-state index is 0.0594. The van der Waals surface area contributed by atoms with Crippen LogP contribution in [0.15, 0.2) is 23.1 Å². The van der Waals surface area contributed by atoms with Gasteiger partial charge in [-0.1, -0.05) is 0 Å². The summed E-state index contributed by atoms with van der Waals surface area (Å²) in [6, 6.07) is 6.65. The van der Waals surface area contributed by atoms with Crippen molar-refractivity contribution in [1.29, 1.82) is 5.26 Å². The molecule has 1 aromatic rings. The molecule has 7 heteroatoms. The second-order valence-electron chi connectivity index (χ2n) is 4.48. The van der Waals surface area contributed by atoms with Gasteiger partial charge in [-0.05, 0) is 30.7 Å². The van der Waals surface area contributed by atoms with E-state index in [1.807, 2.05) is 6.07 Å². The van der Waals surface area contributed by atoms with Gasteiger partial charge in [-0.2, -0.15) is 9.57 Å². The number of methoxy groups -OCH3 is 1. The molecule has 20 heavy (non-hydrogen) atoms. The van der Waals surface area contributed by atoms with Gasteiger partial charge >= 0.3 is 0 Å². The number of nitriles is 1. The predicted octanol–water partition coefficient (Wildman–Crippen LogP) is 0.917. The van der Waals surface area contributed by atoms with Crippen LogP contribution in [0.3, 0.4) is 0 Å². The molecular weight excluding hydrogens is 280 g/mol. The maximum absolute atomic E-state index is 12.5. The Kier molecular flexibility index (Phi) is 4.28. The van der Waals surface area contributed by atoms with E-state index >= 15 is 0 Å². The summed E-state index contributed by atoms with van der Waals surface area (Å²) >= 11 is 0. The first kappa shape index (κ1) is 14.8. The molecule has 0 spiro atoms. The Morgan fingerprint density at radius 1 is 1.50 bits per heavy atom. The van der Waals surface area contributed by atoms with E-state index in [0.29, 0.717) is 5.75 Å². The van der Waals surface area contributed by atoms with E-state index in [2.05, 4.69) is 0 Å². The first-order valence-corrected chi connectivity index (χ1v) is 7.59. The number of ether oxygens (including phenoxy) is 2. The monoisotopic (exact) mass is 296 g/mol. The Hall–Kier alpha value is -1.62. The highest BCUT2D eigenvalue weighted by atomic mass is 32.2. The van der Waals surface area contributed by atoms with Crippen molar-refractivity contribution in [3.8, 4) is 11.8 Å². The predicted molar refractivity (Wildman–Crippen MR) is 71.8 cm³/mol. The van der Waals surface area contributed by atoms with E-state index < -0.39 is 16.1 Å². The van der Waals surface area contributed by atoms with E-state index in [0.717, 1.165) is 5.56 Å². The van der Waals surface area contributed by atoms with Gasteiger partial charge in [0.1, 0.15) is 5.75 Å². The fraction of sp³-hybridized carbons (Fsp3) is 0.462. The zero-order valence-corrected chi connectivity index (χ0v) is 12.2. The smallest absolute Gasteiger partial charge is 0.243 e. The van der Waals surface area contributed by atoms with Crippen LogP contribution in [-0.4, -0.2) is 45.6 Å². The van der Waals surface area contributed by atoms with E-state index in [4.69, 9.17) is 14.7 Å². The van der Waals surface area contributed by atoms with Crippen molar-refractivity contribution in [1.82, 2.24) is 4.31 Å². The fourth-order valence-electron chi connectivity index (χ4n) is 2.08. The van der Waals surface area contributed by atoms with Gasteiger partial charge in [0.15, 0.2) is 6.10 Å². The first-order valence-electron chi connectivity index (χ1n) is 6.15. The van der Waals surface area contributed by atoms with Gasteiger partial charge in [-0.15, -0.1) is 0 Å². The molecular formula is C13H16N2O4S. The summed E-state index contributed by atoms with van der Waals surface area (Å²) in [5, 5.41) is 8.84. The van der Waals surface area contributed by atoms with Gasteiger partial charge < -0.3 is 9.47 Å². The van der Waals surface area contributed by atoms with Gasteiger partial charge in [0.2, 0.25) is 10.0 Å². The molecule has 1 atom stereocenters. The molecule has 1 heterocycles. The van der Waals surface area contributed by atoms with Gasteiger partial charge in [0.05, 0.1) is 31.2 Å². The quantitative estimate of drug-likeness (QED) is 0.828. The maximum Gasteiger partial charge on any atom is 0.243 e. The van der Waals surface area contributed by atoms with Crippen LogP contribution in [-0.2, 0) is 14.8 Å². The molecule has 0 radical (unpaired) electrons. The molecule has 1 aliphatic heterocycles. The van der Waals surface area contributed by atoms with Gasteiger partial charge in [0.25, 0.3) is 0 Å². The second kappa shape index (κ2) is 5.79. The molecule has 0 aromatic heterocycles. The summed E-state index contributed by atoms with van der Waals surface area (Å²) < 4.78 is 36.6. The van der Waals surface area contributed by atoms with Crippen LogP contribution in [0.25, 0.3) is 0 Å². The SMILES string of the molecule is COc1ccc(S(=O)(=O)N2CCOC(C#N)C2)cc1C. The zero-order chi connectivity index (χ0) is 14.8. The molecule has 0 saturated carbocycles. The Labute approximate surface area is 118 Å². The van der Waals surface area contributed by atoms with Crippen LogP contribution in [0.1, 0.15) is 5.56 Å². The maximum atomic E-state index is 12.5. The number of sulfonamides is 1. The molecule has 1 fully saturated rings. The summed E-state index contributed by atoms with van der Waals surface area (Å²) in [6.45, 7) is 2.33. The van der Waals surface area contributed by atoms with Crippen LogP contribution in [0, 0.1) is 18.3 Å². The van der Waals surface area contributed by atoms with E-state index in [1.165, 1.54) is 17.5 Å². The number of hydrogen-bond donors (Lipinski definition) is 0. The highest BCUT2D eigenvalue weighted by Gasteiger charge is 2.31. The van der Waals surface area contributed by atoms with Crippen molar-refractivity contribution >= 4 is 10.0 Å². The van der Waals surface area contributed by atoms with Crippen molar-refractivity contribution < 1.29 is 17.9 Å². The third-order valence-corrected chi connectivity index (χ3v) is 5.04. The van der Waals surface area contributed by atoms with E-state index in [-0.39, 0.29) is 24.6 Å². The normalized spacial score (nSPS) is 20.4. The highest BCUT2D eigenvalue weighted by Crippen LogP contribution is 2.24. The lowest BCUT2D eigenvalue weighted by Crippen LogP contribution is -2.45. The van der Waals surface area contributed by atoms with Crippen molar-refractivity contribution in [2.75, 3.05) is 26.8 Å². The Morgan fingerprint density at radius 3 is 2.85 bits per heavy atom. The van der Waals surface area contributed by atoms with Crippen LogP contribution in [0.5, 0.6) is 5.75 Å². The molecule has 0 aliphatic carbocycles.